The molecular formula is C35H40F4O2. The van der Waals surface area contributed by atoms with Crippen molar-refractivity contribution in [2.75, 3.05) is 13.2 Å². The summed E-state index contributed by atoms with van der Waals surface area (Å²) in [5, 5.41) is 0. The Kier molecular flexibility index (Phi) is 11.6. The number of unbranched alkanes of at least 4 members (excludes halogenated alkanes) is 7. The summed E-state index contributed by atoms with van der Waals surface area (Å²) in [6, 6.07) is 12.5. The number of hydrogen-bond donors (Lipinski definition) is 0. The predicted molar refractivity (Wildman–Crippen MR) is 156 cm³/mol. The molecule has 1 fully saturated rings. The van der Waals surface area contributed by atoms with Gasteiger partial charge < -0.3 is 9.47 Å². The minimum atomic E-state index is -1.03. The lowest BCUT2D eigenvalue weighted by molar-refractivity contribution is -0.199. The van der Waals surface area contributed by atoms with Gasteiger partial charge in [-0.05, 0) is 36.5 Å². The molecule has 0 saturated carbocycles. The van der Waals surface area contributed by atoms with Crippen molar-refractivity contribution in [3.05, 3.63) is 95.1 Å². The summed E-state index contributed by atoms with van der Waals surface area (Å²) in [4.78, 5) is 0. The third kappa shape index (κ3) is 7.87. The molecule has 41 heavy (non-hydrogen) atoms. The molecule has 3 aromatic carbocycles. The van der Waals surface area contributed by atoms with E-state index in [4.69, 9.17) is 9.47 Å². The van der Waals surface area contributed by atoms with Crippen molar-refractivity contribution < 1.29 is 27.0 Å². The van der Waals surface area contributed by atoms with Gasteiger partial charge in [-0.15, -0.1) is 0 Å². The molecule has 1 aliphatic heterocycles. The summed E-state index contributed by atoms with van der Waals surface area (Å²) in [5.74, 6) is -3.67. The van der Waals surface area contributed by atoms with Crippen LogP contribution >= 0.6 is 0 Å². The Morgan fingerprint density at radius 1 is 0.659 bits per heavy atom. The van der Waals surface area contributed by atoms with Gasteiger partial charge in [0.2, 0.25) is 0 Å². The van der Waals surface area contributed by atoms with Crippen molar-refractivity contribution in [2.45, 2.75) is 77.9 Å². The van der Waals surface area contributed by atoms with E-state index in [9.17, 15) is 4.39 Å². The molecule has 0 N–H and O–H groups in total. The lowest BCUT2D eigenvalue weighted by Crippen LogP contribution is -2.26. The third-order valence-corrected chi connectivity index (χ3v) is 7.72. The van der Waals surface area contributed by atoms with Crippen molar-refractivity contribution in [3.63, 3.8) is 0 Å². The number of halogens is 4. The third-order valence-electron chi connectivity index (χ3n) is 7.72. The zero-order chi connectivity index (χ0) is 29.2. The maximum atomic E-state index is 15.1. The Morgan fingerprint density at radius 2 is 1.20 bits per heavy atom. The van der Waals surface area contributed by atoms with E-state index in [1.807, 2.05) is 19.1 Å². The lowest BCUT2D eigenvalue weighted by Gasteiger charge is -2.28. The largest absolute Gasteiger partial charge is 0.348 e. The maximum Gasteiger partial charge on any atom is 0.186 e. The van der Waals surface area contributed by atoms with Gasteiger partial charge in [-0.2, -0.15) is 0 Å². The van der Waals surface area contributed by atoms with E-state index in [0.717, 1.165) is 19.3 Å². The molecule has 2 nitrogen and oxygen atoms in total. The lowest BCUT2D eigenvalue weighted by atomic mass is 9.96. The standard InChI is InChI=1S/C35H40F4O2/c1-3-5-6-7-8-9-10-11-13-27-18-19-28(32(37)31(27)36)25-14-16-26(17-15-25)29-20-21-30(34(39)33(29)38)35-40-22-24(12-4-2)23-41-35/h4,12,14-21,24,35H,3,5-11,13,22-23H2,1-2H3. The first kappa shape index (κ1) is 31.0. The normalized spacial score (nSPS) is 17.4. The smallest absolute Gasteiger partial charge is 0.186 e. The number of allylic oxidation sites excluding steroid dienone is 1. The minimum Gasteiger partial charge on any atom is -0.348 e. The Hall–Kier alpha value is -2.96. The van der Waals surface area contributed by atoms with Crippen LogP contribution in [-0.4, -0.2) is 13.2 Å². The van der Waals surface area contributed by atoms with Crippen LogP contribution in [0.5, 0.6) is 0 Å². The first-order valence-electron chi connectivity index (χ1n) is 14.9. The Labute approximate surface area is 241 Å². The SMILES string of the molecule is CC=CC1COC(c2ccc(-c3ccc(-c4ccc(CCCCCCCCCC)c(F)c4F)cc3)c(F)c2F)OC1. The molecule has 0 amide bonds. The summed E-state index contributed by atoms with van der Waals surface area (Å²) in [5.41, 5.74) is 1.47. The van der Waals surface area contributed by atoms with Gasteiger partial charge in [-0.1, -0.05) is 113 Å². The number of aryl methyl sites for hydroxylation is 1. The number of benzene rings is 3. The van der Waals surface area contributed by atoms with E-state index in [2.05, 4.69) is 6.92 Å². The van der Waals surface area contributed by atoms with Gasteiger partial charge in [-0.3, -0.25) is 0 Å². The molecule has 0 radical (unpaired) electrons. The second-order valence-electron chi connectivity index (χ2n) is 10.8. The van der Waals surface area contributed by atoms with E-state index in [1.165, 1.54) is 44.2 Å². The molecule has 1 aliphatic rings. The molecule has 0 atom stereocenters. The second kappa shape index (κ2) is 15.3. The fourth-order valence-electron chi connectivity index (χ4n) is 5.33. The van der Waals surface area contributed by atoms with Gasteiger partial charge in [0.1, 0.15) is 0 Å². The van der Waals surface area contributed by atoms with Gasteiger partial charge >= 0.3 is 0 Å². The highest BCUT2D eigenvalue weighted by Gasteiger charge is 2.27. The first-order valence-corrected chi connectivity index (χ1v) is 14.9. The van der Waals surface area contributed by atoms with Crippen molar-refractivity contribution in [2.24, 2.45) is 5.92 Å². The van der Waals surface area contributed by atoms with Crippen LogP contribution in [0, 0.1) is 29.2 Å². The first-order chi connectivity index (χ1) is 19.9. The van der Waals surface area contributed by atoms with Crippen LogP contribution in [0.3, 0.4) is 0 Å². The molecule has 0 bridgehead atoms. The Morgan fingerprint density at radius 3 is 1.78 bits per heavy atom. The Balaban J connectivity index is 1.39. The van der Waals surface area contributed by atoms with Crippen LogP contribution < -0.4 is 0 Å². The minimum absolute atomic E-state index is 0.00593. The van der Waals surface area contributed by atoms with Gasteiger partial charge in [-0.25, -0.2) is 17.6 Å². The van der Waals surface area contributed by atoms with Crippen LogP contribution in [0.4, 0.5) is 17.6 Å². The quantitative estimate of drug-likeness (QED) is 0.116. The highest BCUT2D eigenvalue weighted by atomic mass is 19.2. The molecule has 0 spiro atoms. The van der Waals surface area contributed by atoms with E-state index in [1.54, 1.807) is 36.4 Å². The molecule has 0 aromatic heterocycles. The Bertz CT molecular complexity index is 1290. The monoisotopic (exact) mass is 568 g/mol. The molecule has 220 valence electrons. The molecule has 6 heteroatoms. The van der Waals surface area contributed by atoms with Gasteiger partial charge in [0.25, 0.3) is 0 Å². The average molecular weight is 569 g/mol. The van der Waals surface area contributed by atoms with E-state index in [-0.39, 0.29) is 22.6 Å². The van der Waals surface area contributed by atoms with Crippen LogP contribution in [0.1, 0.15) is 82.6 Å². The second-order valence-corrected chi connectivity index (χ2v) is 10.8. The fourth-order valence-corrected chi connectivity index (χ4v) is 5.33. The van der Waals surface area contributed by atoms with Gasteiger partial charge in [0.05, 0.1) is 13.2 Å². The van der Waals surface area contributed by atoms with E-state index < -0.39 is 29.6 Å². The zero-order valence-corrected chi connectivity index (χ0v) is 24.0. The molecule has 4 rings (SSSR count). The molecule has 0 unspecified atom stereocenters. The van der Waals surface area contributed by atoms with Crippen LogP contribution in [0.2, 0.25) is 0 Å². The zero-order valence-electron chi connectivity index (χ0n) is 24.0. The van der Waals surface area contributed by atoms with Crippen molar-refractivity contribution in [1.29, 1.82) is 0 Å². The van der Waals surface area contributed by atoms with Gasteiger partial charge in [0.15, 0.2) is 29.6 Å². The summed E-state index contributed by atoms with van der Waals surface area (Å²) < 4.78 is 71.2. The van der Waals surface area contributed by atoms with Crippen molar-refractivity contribution in [1.82, 2.24) is 0 Å². The maximum absolute atomic E-state index is 15.1. The van der Waals surface area contributed by atoms with Crippen molar-refractivity contribution in [3.8, 4) is 22.3 Å². The highest BCUT2D eigenvalue weighted by Crippen LogP contribution is 2.34. The van der Waals surface area contributed by atoms with E-state index in [0.29, 0.717) is 36.3 Å². The molecular weight excluding hydrogens is 528 g/mol. The van der Waals surface area contributed by atoms with E-state index >= 15 is 13.2 Å². The average Bonchev–Trinajstić information content (AvgIpc) is 2.99. The number of rotatable bonds is 13. The summed E-state index contributed by atoms with van der Waals surface area (Å²) >= 11 is 0. The fraction of sp³-hybridized carbons (Fsp3) is 0.429. The molecule has 0 aliphatic carbocycles. The number of hydrogen-bond acceptors (Lipinski definition) is 2. The summed E-state index contributed by atoms with van der Waals surface area (Å²) in [7, 11) is 0. The highest BCUT2D eigenvalue weighted by molar-refractivity contribution is 5.71. The van der Waals surface area contributed by atoms with Crippen LogP contribution in [0.25, 0.3) is 22.3 Å². The number of ether oxygens (including phenoxy) is 2. The summed E-state index contributed by atoms with van der Waals surface area (Å²) in [6.45, 7) is 4.81. The summed E-state index contributed by atoms with van der Waals surface area (Å²) in [6.07, 6.45) is 12.5. The molecule has 1 saturated heterocycles. The topological polar surface area (TPSA) is 18.5 Å². The van der Waals surface area contributed by atoms with Gasteiger partial charge in [0, 0.05) is 22.6 Å². The van der Waals surface area contributed by atoms with Crippen LogP contribution in [-0.2, 0) is 15.9 Å². The molecule has 1 heterocycles. The predicted octanol–water partition coefficient (Wildman–Crippen LogP) is 10.5. The molecule has 3 aromatic rings. The van der Waals surface area contributed by atoms with Crippen LogP contribution in [0.15, 0.2) is 60.7 Å². The van der Waals surface area contributed by atoms with Crippen molar-refractivity contribution >= 4 is 0 Å².